The molecule has 2 aliphatic heterocycles. The summed E-state index contributed by atoms with van der Waals surface area (Å²) in [4.78, 5) is 25.2. The third-order valence-electron chi connectivity index (χ3n) is 3.74. The number of phenolic OH excluding ortho intramolecular Hbond substituents is 1. The minimum Gasteiger partial charge on any atom is -0.508 e. The van der Waals surface area contributed by atoms with E-state index in [4.69, 9.17) is 4.55 Å². The predicted molar refractivity (Wildman–Crippen MR) is 74.4 cm³/mol. The summed E-state index contributed by atoms with van der Waals surface area (Å²) in [6.07, 6.45) is 0.268. The molecule has 2 aliphatic rings. The monoisotopic (exact) mass is 327 g/mol. The number of fused-ring (bicyclic) bond motifs is 1. The first kappa shape index (κ1) is 14.6. The number of phenols is 1. The molecule has 2 heterocycles. The van der Waals surface area contributed by atoms with Gasteiger partial charge in [0.1, 0.15) is 11.8 Å². The number of hydrogen-bond donors (Lipinski definition) is 3. The van der Waals surface area contributed by atoms with E-state index in [1.807, 2.05) is 0 Å². The van der Waals surface area contributed by atoms with E-state index in [1.165, 1.54) is 17.0 Å². The molecule has 1 aromatic rings. The third-order valence-corrected chi connectivity index (χ3v) is 4.69. The van der Waals surface area contributed by atoms with Crippen molar-refractivity contribution in [2.24, 2.45) is 0 Å². The van der Waals surface area contributed by atoms with Crippen LogP contribution in [-0.4, -0.2) is 57.8 Å². The van der Waals surface area contributed by atoms with Crippen LogP contribution in [0.1, 0.15) is 6.42 Å². The second-order valence-corrected chi connectivity index (χ2v) is 6.38. The quantitative estimate of drug-likeness (QED) is 0.519. The molecule has 1 aromatic carbocycles. The molecule has 3 rings (SSSR count). The van der Waals surface area contributed by atoms with Crippen LogP contribution in [0.2, 0.25) is 0 Å². The lowest BCUT2D eigenvalue weighted by Crippen LogP contribution is -2.68. The van der Waals surface area contributed by atoms with E-state index in [2.05, 4.69) is 5.32 Å². The molecule has 0 saturated carbocycles. The maximum absolute atomic E-state index is 12.2. The number of nitrogens with zero attached hydrogens (tertiary/aromatic N) is 2. The van der Waals surface area contributed by atoms with Gasteiger partial charge in [-0.15, -0.1) is 0 Å². The Morgan fingerprint density at radius 2 is 2.09 bits per heavy atom. The van der Waals surface area contributed by atoms with Gasteiger partial charge in [0.15, 0.2) is 0 Å². The van der Waals surface area contributed by atoms with Crippen LogP contribution in [0.5, 0.6) is 5.75 Å². The SMILES string of the molecule is O=C(Nc1cccc(O)c1)N1CCC2C1C(=O)N2S(=O)(=O)O. The number of likely N-dealkylation sites (tertiary alicyclic amines) is 1. The number of benzene rings is 1. The zero-order chi connectivity index (χ0) is 16.1. The largest absolute Gasteiger partial charge is 0.508 e. The Morgan fingerprint density at radius 3 is 2.73 bits per heavy atom. The molecule has 3 N–H and O–H groups in total. The molecule has 0 aromatic heterocycles. The summed E-state index contributed by atoms with van der Waals surface area (Å²) in [7, 11) is -4.59. The van der Waals surface area contributed by atoms with Gasteiger partial charge in [-0.05, 0) is 18.6 Å². The predicted octanol–water partition coefficient (Wildman–Crippen LogP) is 0.0120. The Hall–Kier alpha value is -2.33. The normalized spacial score (nSPS) is 24.0. The van der Waals surface area contributed by atoms with Crippen molar-refractivity contribution in [3.63, 3.8) is 0 Å². The molecule has 2 saturated heterocycles. The standard InChI is InChI=1S/C12H13N3O6S/c16-8-3-1-2-7(6-8)13-12(18)14-5-4-9-10(14)11(17)15(9)22(19,20)21/h1-3,6,9-10,16H,4-5H2,(H,13,18)(H,19,20,21). The van der Waals surface area contributed by atoms with Gasteiger partial charge >= 0.3 is 16.3 Å². The number of hydrogen-bond acceptors (Lipinski definition) is 5. The van der Waals surface area contributed by atoms with Crippen LogP contribution in [-0.2, 0) is 15.1 Å². The van der Waals surface area contributed by atoms with Gasteiger partial charge in [0.2, 0.25) is 0 Å². The molecule has 0 radical (unpaired) electrons. The highest BCUT2D eigenvalue weighted by Gasteiger charge is 2.60. The van der Waals surface area contributed by atoms with Crippen molar-refractivity contribution in [3.05, 3.63) is 24.3 Å². The average molecular weight is 327 g/mol. The summed E-state index contributed by atoms with van der Waals surface area (Å²) in [6.45, 7) is 0.192. The lowest BCUT2D eigenvalue weighted by molar-refractivity contribution is -0.143. The zero-order valence-electron chi connectivity index (χ0n) is 11.2. The van der Waals surface area contributed by atoms with Crippen LogP contribution in [0, 0.1) is 0 Å². The molecule has 2 unspecified atom stereocenters. The van der Waals surface area contributed by atoms with Gasteiger partial charge in [-0.2, -0.15) is 8.42 Å². The first-order valence-electron chi connectivity index (χ1n) is 6.46. The van der Waals surface area contributed by atoms with E-state index >= 15 is 0 Å². The summed E-state index contributed by atoms with van der Waals surface area (Å²) in [5, 5.41) is 11.9. The number of anilines is 1. The molecule has 22 heavy (non-hydrogen) atoms. The summed E-state index contributed by atoms with van der Waals surface area (Å²) >= 11 is 0. The molecule has 0 aliphatic carbocycles. The Balaban J connectivity index is 1.73. The third kappa shape index (κ3) is 2.25. The lowest BCUT2D eigenvalue weighted by atomic mass is 10.0. The van der Waals surface area contributed by atoms with Crippen molar-refractivity contribution >= 4 is 27.9 Å². The van der Waals surface area contributed by atoms with Gasteiger partial charge in [-0.25, -0.2) is 9.10 Å². The van der Waals surface area contributed by atoms with Gasteiger partial charge in [0.25, 0.3) is 5.91 Å². The zero-order valence-corrected chi connectivity index (χ0v) is 12.0. The first-order chi connectivity index (χ1) is 10.3. The molecular weight excluding hydrogens is 314 g/mol. The van der Waals surface area contributed by atoms with Crippen LogP contribution in [0.4, 0.5) is 10.5 Å². The second kappa shape index (κ2) is 4.85. The van der Waals surface area contributed by atoms with E-state index in [0.717, 1.165) is 0 Å². The molecule has 2 fully saturated rings. The van der Waals surface area contributed by atoms with Gasteiger partial charge < -0.3 is 15.3 Å². The maximum Gasteiger partial charge on any atom is 0.362 e. The number of carbonyl (C=O) groups is 2. The van der Waals surface area contributed by atoms with Crippen LogP contribution < -0.4 is 5.32 Å². The van der Waals surface area contributed by atoms with Gasteiger partial charge in [-0.3, -0.25) is 9.35 Å². The number of β-lactam (4-membered cyclic amide) rings is 1. The minimum absolute atomic E-state index is 0.0191. The number of urea groups is 1. The molecule has 10 heteroatoms. The maximum atomic E-state index is 12.2. The smallest absolute Gasteiger partial charge is 0.362 e. The summed E-state index contributed by atoms with van der Waals surface area (Å²) in [5.41, 5.74) is 0.354. The van der Waals surface area contributed by atoms with Crippen LogP contribution in [0.25, 0.3) is 0 Å². The summed E-state index contributed by atoms with van der Waals surface area (Å²) < 4.78 is 31.5. The number of nitrogens with one attached hydrogen (secondary N) is 1. The van der Waals surface area contributed by atoms with Crippen molar-refractivity contribution in [3.8, 4) is 5.75 Å². The molecule has 0 bridgehead atoms. The summed E-state index contributed by atoms with van der Waals surface area (Å²) in [5.74, 6) is -0.842. The highest BCUT2D eigenvalue weighted by Crippen LogP contribution is 2.35. The number of carbonyl (C=O) groups excluding carboxylic acids is 2. The highest BCUT2D eigenvalue weighted by atomic mass is 32.2. The molecule has 2 atom stereocenters. The Morgan fingerprint density at radius 1 is 1.36 bits per heavy atom. The molecule has 118 valence electrons. The van der Waals surface area contributed by atoms with Crippen LogP contribution in [0.15, 0.2) is 24.3 Å². The fraction of sp³-hybridized carbons (Fsp3) is 0.333. The van der Waals surface area contributed by atoms with E-state index < -0.39 is 34.3 Å². The van der Waals surface area contributed by atoms with Crippen molar-refractivity contribution in [1.29, 1.82) is 0 Å². The fourth-order valence-corrected chi connectivity index (χ4v) is 3.72. The number of aromatic hydroxyl groups is 1. The Labute approximate surface area is 126 Å². The van der Waals surface area contributed by atoms with Crippen LogP contribution in [0.3, 0.4) is 0 Å². The van der Waals surface area contributed by atoms with Crippen LogP contribution >= 0.6 is 0 Å². The topological polar surface area (TPSA) is 127 Å². The molecular formula is C12H13N3O6S. The second-order valence-electron chi connectivity index (χ2n) is 5.09. The number of rotatable bonds is 2. The number of amides is 3. The van der Waals surface area contributed by atoms with Crippen molar-refractivity contribution < 1.29 is 27.7 Å². The van der Waals surface area contributed by atoms with Crippen molar-refractivity contribution in [2.45, 2.75) is 18.5 Å². The lowest BCUT2D eigenvalue weighted by Gasteiger charge is -2.42. The molecule has 0 spiro atoms. The van der Waals surface area contributed by atoms with Crippen molar-refractivity contribution in [1.82, 2.24) is 9.21 Å². The van der Waals surface area contributed by atoms with Gasteiger partial charge in [-0.1, -0.05) is 6.07 Å². The fourth-order valence-electron chi connectivity index (χ4n) is 2.82. The minimum atomic E-state index is -4.59. The van der Waals surface area contributed by atoms with Gasteiger partial charge in [0.05, 0.1) is 6.04 Å². The first-order valence-corrected chi connectivity index (χ1v) is 7.86. The van der Waals surface area contributed by atoms with E-state index in [1.54, 1.807) is 12.1 Å². The van der Waals surface area contributed by atoms with Gasteiger partial charge in [0, 0.05) is 18.3 Å². The van der Waals surface area contributed by atoms with E-state index in [0.29, 0.717) is 9.99 Å². The Bertz CT molecular complexity index is 749. The van der Waals surface area contributed by atoms with E-state index in [-0.39, 0.29) is 18.7 Å². The Kier molecular flexibility index (Phi) is 3.22. The van der Waals surface area contributed by atoms with Crippen molar-refractivity contribution in [2.75, 3.05) is 11.9 Å². The highest BCUT2D eigenvalue weighted by molar-refractivity contribution is 7.84. The van der Waals surface area contributed by atoms with E-state index in [9.17, 15) is 23.1 Å². The molecule has 3 amide bonds. The average Bonchev–Trinajstić information content (AvgIpc) is 2.75. The molecule has 9 nitrogen and oxygen atoms in total. The summed E-state index contributed by atoms with van der Waals surface area (Å²) in [6, 6.07) is 3.72.